The molecule has 42 heavy (non-hydrogen) atoms. The summed E-state index contributed by atoms with van der Waals surface area (Å²) in [6.45, 7) is 15.5. The van der Waals surface area contributed by atoms with E-state index in [1.807, 2.05) is 27.7 Å². The second-order valence-corrected chi connectivity index (χ2v) is 13.7. The van der Waals surface area contributed by atoms with Crippen molar-refractivity contribution in [3.63, 3.8) is 0 Å². The number of hydrogen-bond acceptors (Lipinski definition) is 7. The molecule has 1 saturated heterocycles. The molecule has 2 amide bonds. The van der Waals surface area contributed by atoms with Gasteiger partial charge in [0.1, 0.15) is 10.5 Å². The number of pyridine rings is 1. The Bertz CT molecular complexity index is 1680. The number of anilines is 2. The maximum absolute atomic E-state index is 12.8. The third kappa shape index (κ3) is 5.50. The van der Waals surface area contributed by atoms with E-state index in [1.54, 1.807) is 4.90 Å². The second-order valence-electron chi connectivity index (χ2n) is 12.7. The van der Waals surface area contributed by atoms with E-state index in [9.17, 15) is 9.59 Å². The van der Waals surface area contributed by atoms with E-state index in [0.717, 1.165) is 61.6 Å². The number of thiophene rings is 1. The summed E-state index contributed by atoms with van der Waals surface area (Å²) >= 11 is 1.53. The third-order valence-corrected chi connectivity index (χ3v) is 9.04. The van der Waals surface area contributed by atoms with Gasteiger partial charge in [0.25, 0.3) is 5.91 Å². The molecule has 6 rings (SSSR count). The quantitative estimate of drug-likeness (QED) is 0.274. The average Bonchev–Trinajstić information content (AvgIpc) is 3.27. The maximum atomic E-state index is 12.8. The number of carbonyl (C=O) groups excluding carboxylic acids is 2. The fourth-order valence-electron chi connectivity index (χ4n) is 5.66. The van der Waals surface area contributed by atoms with E-state index < -0.39 is 5.60 Å². The van der Waals surface area contributed by atoms with Gasteiger partial charge in [0.05, 0.1) is 16.9 Å². The third-order valence-electron chi connectivity index (χ3n) is 7.89. The van der Waals surface area contributed by atoms with Gasteiger partial charge in [-0.15, -0.1) is 11.3 Å². The van der Waals surface area contributed by atoms with Crippen molar-refractivity contribution in [2.24, 2.45) is 0 Å². The number of ether oxygens (including phenoxy) is 1. The minimum absolute atomic E-state index is 0.0219. The monoisotopic (exact) mass is 585 g/mol. The van der Waals surface area contributed by atoms with Gasteiger partial charge in [-0.2, -0.15) is 0 Å². The number of carbonyl (C=O) groups is 2. The maximum Gasteiger partial charge on any atom is 0.410 e. The standard InChI is InChI=1S/C33H39N5O3S/c1-19(2)21-15-22(17-23(16-21)37-11-13-38(14-12-37)32(40)41-33(4,5)6)25-8-7-24-26(36-25)9-10-27-28(24)29-30(42-27)31(39)35-20(3)18-34-29/h7-10,15-17,19-20,34H,11-14,18H2,1-6H3,(H,35,39)/t20-/m1/s1. The summed E-state index contributed by atoms with van der Waals surface area (Å²) < 4.78 is 6.66. The predicted octanol–water partition coefficient (Wildman–Crippen LogP) is 6.84. The largest absolute Gasteiger partial charge is 0.444 e. The molecule has 0 spiro atoms. The van der Waals surface area contributed by atoms with Gasteiger partial charge < -0.3 is 25.2 Å². The Balaban J connectivity index is 1.32. The first kappa shape index (κ1) is 28.3. The van der Waals surface area contributed by atoms with E-state index in [4.69, 9.17) is 9.72 Å². The predicted molar refractivity (Wildman–Crippen MR) is 172 cm³/mol. The Morgan fingerprint density at radius 1 is 1.07 bits per heavy atom. The van der Waals surface area contributed by atoms with Crippen molar-refractivity contribution in [2.45, 2.75) is 59.1 Å². The molecule has 0 saturated carbocycles. The Labute approximate surface area is 251 Å². The van der Waals surface area contributed by atoms with Crippen LogP contribution in [0.25, 0.3) is 32.2 Å². The Hall–Kier alpha value is -3.85. The molecule has 8 nitrogen and oxygen atoms in total. The number of amides is 2. The lowest BCUT2D eigenvalue weighted by Gasteiger charge is -2.37. The van der Waals surface area contributed by atoms with Gasteiger partial charge >= 0.3 is 6.09 Å². The fourth-order valence-corrected chi connectivity index (χ4v) is 6.76. The van der Waals surface area contributed by atoms with E-state index in [2.05, 4.69) is 71.8 Å². The Morgan fingerprint density at radius 2 is 1.83 bits per heavy atom. The molecule has 0 unspecified atom stereocenters. The van der Waals surface area contributed by atoms with Crippen LogP contribution in [0.15, 0.2) is 42.5 Å². The number of nitrogens with zero attached hydrogens (tertiary/aromatic N) is 3. The van der Waals surface area contributed by atoms with Crippen molar-refractivity contribution in [2.75, 3.05) is 42.9 Å². The van der Waals surface area contributed by atoms with Gasteiger partial charge in [-0.05, 0) is 81.6 Å². The van der Waals surface area contributed by atoms with Crippen LogP contribution in [0.2, 0.25) is 0 Å². The van der Waals surface area contributed by atoms with Crippen LogP contribution in [0, 0.1) is 0 Å². The van der Waals surface area contributed by atoms with E-state index in [0.29, 0.717) is 25.6 Å². The van der Waals surface area contributed by atoms with Crippen molar-refractivity contribution in [3.05, 3.63) is 52.9 Å². The number of rotatable bonds is 3. The van der Waals surface area contributed by atoms with Crippen molar-refractivity contribution in [1.82, 2.24) is 15.2 Å². The highest BCUT2D eigenvalue weighted by atomic mass is 32.1. The molecular weight excluding hydrogens is 546 g/mol. The molecule has 0 aliphatic carbocycles. The number of fused-ring (bicyclic) bond motifs is 5. The highest BCUT2D eigenvalue weighted by Gasteiger charge is 2.27. The molecule has 2 N–H and O–H groups in total. The highest BCUT2D eigenvalue weighted by Crippen LogP contribution is 2.41. The van der Waals surface area contributed by atoms with Crippen molar-refractivity contribution in [3.8, 4) is 11.3 Å². The van der Waals surface area contributed by atoms with E-state index in [-0.39, 0.29) is 18.0 Å². The topological polar surface area (TPSA) is 86.8 Å². The lowest BCUT2D eigenvalue weighted by atomic mass is 9.97. The van der Waals surface area contributed by atoms with Gasteiger partial charge in [0, 0.05) is 65.5 Å². The molecule has 4 aromatic rings. The van der Waals surface area contributed by atoms with Crippen LogP contribution in [0.1, 0.15) is 62.7 Å². The minimum atomic E-state index is -0.501. The second kappa shape index (κ2) is 10.8. The van der Waals surface area contributed by atoms with Crippen LogP contribution in [-0.4, -0.2) is 66.3 Å². The summed E-state index contributed by atoms with van der Waals surface area (Å²) in [4.78, 5) is 35.4. The summed E-state index contributed by atoms with van der Waals surface area (Å²) in [5, 5.41) is 8.69. The molecule has 0 bridgehead atoms. The first-order valence-electron chi connectivity index (χ1n) is 14.8. The molecule has 2 aliphatic heterocycles. The molecule has 1 fully saturated rings. The van der Waals surface area contributed by atoms with E-state index >= 15 is 0 Å². The molecule has 4 heterocycles. The summed E-state index contributed by atoms with van der Waals surface area (Å²) in [5.41, 5.74) is 5.70. The number of hydrogen-bond donors (Lipinski definition) is 2. The average molecular weight is 586 g/mol. The molecule has 2 aliphatic rings. The first-order valence-corrected chi connectivity index (χ1v) is 15.6. The molecule has 220 valence electrons. The number of benzene rings is 2. The van der Waals surface area contributed by atoms with Crippen LogP contribution in [0.3, 0.4) is 0 Å². The van der Waals surface area contributed by atoms with Gasteiger partial charge in [-0.25, -0.2) is 9.78 Å². The van der Waals surface area contributed by atoms with Gasteiger partial charge in [-0.1, -0.05) is 13.8 Å². The Kier molecular flexibility index (Phi) is 7.25. The molecule has 2 aromatic heterocycles. The van der Waals surface area contributed by atoms with E-state index in [1.165, 1.54) is 16.9 Å². The van der Waals surface area contributed by atoms with Crippen molar-refractivity contribution >= 4 is 55.7 Å². The van der Waals surface area contributed by atoms with Gasteiger partial charge in [-0.3, -0.25) is 4.79 Å². The summed E-state index contributed by atoms with van der Waals surface area (Å²) in [6.07, 6.45) is -0.249. The number of aromatic nitrogens is 1. The lowest BCUT2D eigenvalue weighted by molar-refractivity contribution is 0.0240. The minimum Gasteiger partial charge on any atom is -0.444 e. The van der Waals surface area contributed by atoms with Crippen LogP contribution in [-0.2, 0) is 4.74 Å². The zero-order valence-corrected chi connectivity index (χ0v) is 26.0. The highest BCUT2D eigenvalue weighted by molar-refractivity contribution is 7.21. The molecule has 0 radical (unpaired) electrons. The SMILES string of the molecule is CC(C)c1cc(-c2ccc3c(ccc4sc5c(c43)NC[C@@H](C)NC5=O)n2)cc(N2CCN(C(=O)OC(C)(C)C)CC2)c1. The summed E-state index contributed by atoms with van der Waals surface area (Å²) in [7, 11) is 0. The summed E-state index contributed by atoms with van der Waals surface area (Å²) in [6, 6.07) is 15.1. The van der Waals surface area contributed by atoms with Crippen LogP contribution < -0.4 is 15.5 Å². The lowest BCUT2D eigenvalue weighted by Crippen LogP contribution is -2.50. The molecule has 1 atom stereocenters. The van der Waals surface area contributed by atoms with Gasteiger partial charge in [0.2, 0.25) is 0 Å². The fraction of sp³-hybridized carbons (Fsp3) is 0.424. The smallest absolute Gasteiger partial charge is 0.410 e. The Morgan fingerprint density at radius 3 is 2.55 bits per heavy atom. The zero-order chi connectivity index (χ0) is 29.8. The van der Waals surface area contributed by atoms with Crippen molar-refractivity contribution < 1.29 is 14.3 Å². The number of nitrogens with one attached hydrogen (secondary N) is 2. The van der Waals surface area contributed by atoms with Crippen LogP contribution >= 0.6 is 11.3 Å². The first-order chi connectivity index (χ1) is 20.0. The van der Waals surface area contributed by atoms with Crippen molar-refractivity contribution in [1.29, 1.82) is 0 Å². The normalized spacial score (nSPS) is 17.7. The molecular formula is C33H39N5O3S. The molecule has 2 aromatic carbocycles. The summed E-state index contributed by atoms with van der Waals surface area (Å²) in [5.74, 6) is 0.332. The number of piperazine rings is 1. The van der Waals surface area contributed by atoms with Crippen LogP contribution in [0.4, 0.5) is 16.2 Å². The molecule has 9 heteroatoms. The van der Waals surface area contributed by atoms with Crippen LogP contribution in [0.5, 0.6) is 0 Å². The zero-order valence-electron chi connectivity index (χ0n) is 25.2. The van der Waals surface area contributed by atoms with Gasteiger partial charge in [0.15, 0.2) is 0 Å².